The largest absolute Gasteiger partial charge is 0.394 e. The zero-order chi connectivity index (χ0) is 11.8. The van der Waals surface area contributed by atoms with E-state index < -0.39 is 24.9 Å². The van der Waals surface area contributed by atoms with Gasteiger partial charge in [0.05, 0.1) is 11.2 Å². The van der Waals surface area contributed by atoms with Gasteiger partial charge in [-0.05, 0) is 11.5 Å². The molecule has 15 heavy (non-hydrogen) atoms. The Labute approximate surface area is 99.1 Å². The third-order valence-electron chi connectivity index (χ3n) is 1.87. The maximum absolute atomic E-state index is 9.78. The van der Waals surface area contributed by atoms with Crippen molar-refractivity contribution in [1.82, 2.24) is 0 Å². The van der Waals surface area contributed by atoms with Gasteiger partial charge in [-0.2, -0.15) is 0 Å². The number of aliphatic hydroxyl groups is 4. The molecule has 0 aliphatic rings. The molecule has 0 fully saturated rings. The molecule has 3 atom stereocenters. The average Bonchev–Trinajstić information content (AvgIpc) is 2.25. The number of aliphatic hydroxyl groups excluding tert-OH is 4. The van der Waals surface area contributed by atoms with Gasteiger partial charge < -0.3 is 20.4 Å². The van der Waals surface area contributed by atoms with E-state index in [4.69, 9.17) is 5.11 Å². The van der Waals surface area contributed by atoms with E-state index in [0.717, 1.165) is 11.5 Å². The lowest BCUT2D eigenvalue weighted by atomic mass is 10.1. The second-order valence-electron chi connectivity index (χ2n) is 3.01. The lowest BCUT2D eigenvalue weighted by molar-refractivity contribution is -0.0706. The molecule has 0 aliphatic carbocycles. The van der Waals surface area contributed by atoms with Crippen molar-refractivity contribution in [2.24, 2.45) is 0 Å². The van der Waals surface area contributed by atoms with Crippen LogP contribution < -0.4 is 0 Å². The molecule has 0 saturated carbocycles. The molecule has 4 N–H and O–H groups in total. The molecule has 0 bridgehead atoms. The standard InChI is InChI=1S/C9H20O4S2/c1-3-14-9(15-4-2)8(13)7(12)6(11)5-10/h6-13H,3-5H2,1-2H3/t6-,7-,8-/m1/s1. The van der Waals surface area contributed by atoms with Crippen LogP contribution in [0, 0.1) is 0 Å². The fourth-order valence-electron chi connectivity index (χ4n) is 1.07. The topological polar surface area (TPSA) is 80.9 Å². The summed E-state index contributed by atoms with van der Waals surface area (Å²) < 4.78 is -0.170. The molecule has 0 aliphatic heterocycles. The number of hydrogen-bond acceptors (Lipinski definition) is 6. The van der Waals surface area contributed by atoms with Gasteiger partial charge in [0.2, 0.25) is 0 Å². The zero-order valence-electron chi connectivity index (χ0n) is 9.04. The summed E-state index contributed by atoms with van der Waals surface area (Å²) in [4.78, 5) is 0. The summed E-state index contributed by atoms with van der Waals surface area (Å²) in [6.07, 6.45) is -3.60. The van der Waals surface area contributed by atoms with E-state index in [1.807, 2.05) is 13.8 Å². The van der Waals surface area contributed by atoms with Gasteiger partial charge in [0, 0.05) is 0 Å². The summed E-state index contributed by atoms with van der Waals surface area (Å²) in [5, 5.41) is 37.2. The highest BCUT2D eigenvalue weighted by atomic mass is 32.2. The molecule has 0 aromatic rings. The summed E-state index contributed by atoms with van der Waals surface area (Å²) in [5.41, 5.74) is 0. The van der Waals surface area contributed by atoms with Crippen molar-refractivity contribution in [3.8, 4) is 0 Å². The molecule has 0 heterocycles. The smallest absolute Gasteiger partial charge is 0.110 e. The van der Waals surface area contributed by atoms with Gasteiger partial charge >= 0.3 is 0 Å². The van der Waals surface area contributed by atoms with Crippen LogP contribution in [0.2, 0.25) is 0 Å². The third kappa shape index (κ3) is 5.42. The summed E-state index contributed by atoms with van der Waals surface area (Å²) in [6.45, 7) is 3.39. The first-order chi connectivity index (χ1) is 7.08. The molecule has 0 radical (unpaired) electrons. The quantitative estimate of drug-likeness (QED) is 0.454. The fraction of sp³-hybridized carbons (Fsp3) is 1.00. The van der Waals surface area contributed by atoms with E-state index in [1.54, 1.807) is 0 Å². The first-order valence-corrected chi connectivity index (χ1v) is 7.06. The normalized spacial score (nSPS) is 17.8. The van der Waals surface area contributed by atoms with Gasteiger partial charge in [-0.25, -0.2) is 0 Å². The maximum atomic E-state index is 9.78. The molecule has 0 unspecified atom stereocenters. The van der Waals surface area contributed by atoms with Crippen LogP contribution in [0.1, 0.15) is 13.8 Å². The van der Waals surface area contributed by atoms with Crippen molar-refractivity contribution in [3.05, 3.63) is 0 Å². The Morgan fingerprint density at radius 1 is 0.933 bits per heavy atom. The molecule has 0 amide bonds. The van der Waals surface area contributed by atoms with Crippen LogP contribution in [-0.2, 0) is 0 Å². The molecule has 0 aromatic carbocycles. The SMILES string of the molecule is CCSC(SCC)[C@H](O)[C@H](O)[C@H](O)CO. The van der Waals surface area contributed by atoms with Gasteiger partial charge in [0.1, 0.15) is 18.3 Å². The fourth-order valence-corrected chi connectivity index (χ4v) is 3.65. The summed E-state index contributed by atoms with van der Waals surface area (Å²) in [5.74, 6) is 1.66. The van der Waals surface area contributed by atoms with Crippen LogP contribution in [0.4, 0.5) is 0 Å². The number of thioether (sulfide) groups is 2. The third-order valence-corrected chi connectivity index (χ3v) is 4.57. The molecule has 6 heteroatoms. The minimum Gasteiger partial charge on any atom is -0.394 e. The van der Waals surface area contributed by atoms with Crippen molar-refractivity contribution < 1.29 is 20.4 Å². The summed E-state index contributed by atoms with van der Waals surface area (Å²) in [7, 11) is 0. The molecule has 0 saturated heterocycles. The van der Waals surface area contributed by atoms with E-state index in [0.29, 0.717) is 0 Å². The molecular formula is C9H20O4S2. The van der Waals surface area contributed by atoms with Gasteiger partial charge in [-0.1, -0.05) is 13.8 Å². The van der Waals surface area contributed by atoms with Crippen LogP contribution in [0.15, 0.2) is 0 Å². The number of rotatable bonds is 8. The van der Waals surface area contributed by atoms with Crippen molar-refractivity contribution in [3.63, 3.8) is 0 Å². The zero-order valence-corrected chi connectivity index (χ0v) is 10.7. The average molecular weight is 256 g/mol. The van der Waals surface area contributed by atoms with Crippen molar-refractivity contribution in [2.75, 3.05) is 18.1 Å². The second-order valence-corrected chi connectivity index (χ2v) is 6.15. The van der Waals surface area contributed by atoms with Gasteiger partial charge in [-0.15, -0.1) is 23.5 Å². The Kier molecular flexibility index (Phi) is 8.98. The van der Waals surface area contributed by atoms with Crippen LogP contribution in [0.3, 0.4) is 0 Å². The minimum absolute atomic E-state index is 0.170. The van der Waals surface area contributed by atoms with E-state index in [-0.39, 0.29) is 4.58 Å². The van der Waals surface area contributed by atoms with Gasteiger partial charge in [0.25, 0.3) is 0 Å². The van der Waals surface area contributed by atoms with Crippen LogP contribution in [-0.4, -0.2) is 61.4 Å². The van der Waals surface area contributed by atoms with E-state index in [1.165, 1.54) is 23.5 Å². The second kappa shape index (κ2) is 8.66. The van der Waals surface area contributed by atoms with E-state index in [2.05, 4.69) is 0 Å². The van der Waals surface area contributed by atoms with Crippen LogP contribution in [0.5, 0.6) is 0 Å². The first-order valence-electron chi connectivity index (χ1n) is 4.96. The summed E-state index contributed by atoms with van der Waals surface area (Å²) in [6, 6.07) is 0. The highest BCUT2D eigenvalue weighted by molar-refractivity contribution is 8.17. The van der Waals surface area contributed by atoms with Crippen molar-refractivity contribution in [1.29, 1.82) is 0 Å². The highest BCUT2D eigenvalue weighted by Gasteiger charge is 2.30. The summed E-state index contributed by atoms with van der Waals surface area (Å²) >= 11 is 3.05. The van der Waals surface area contributed by atoms with Crippen LogP contribution in [0.25, 0.3) is 0 Å². The molecule has 4 nitrogen and oxygen atoms in total. The molecular weight excluding hydrogens is 236 g/mol. The predicted molar refractivity (Wildman–Crippen MR) is 65.2 cm³/mol. The molecule has 0 rings (SSSR count). The Morgan fingerprint density at radius 2 is 1.40 bits per heavy atom. The molecule has 92 valence electrons. The van der Waals surface area contributed by atoms with E-state index >= 15 is 0 Å². The monoisotopic (exact) mass is 256 g/mol. The predicted octanol–water partition coefficient (Wildman–Crippen LogP) is -0.106. The minimum atomic E-state index is -1.29. The Bertz CT molecular complexity index is 153. The lowest BCUT2D eigenvalue weighted by Crippen LogP contribution is -2.44. The van der Waals surface area contributed by atoms with Gasteiger partial charge in [-0.3, -0.25) is 0 Å². The van der Waals surface area contributed by atoms with Crippen LogP contribution >= 0.6 is 23.5 Å². The van der Waals surface area contributed by atoms with Crippen molar-refractivity contribution >= 4 is 23.5 Å². The molecule has 0 spiro atoms. The van der Waals surface area contributed by atoms with Gasteiger partial charge in [0.15, 0.2) is 0 Å². The maximum Gasteiger partial charge on any atom is 0.110 e. The highest BCUT2D eigenvalue weighted by Crippen LogP contribution is 2.28. The first kappa shape index (κ1) is 15.5. The molecule has 0 aromatic heterocycles. The Balaban J connectivity index is 4.26. The van der Waals surface area contributed by atoms with Crippen molar-refractivity contribution in [2.45, 2.75) is 36.7 Å². The number of hydrogen-bond donors (Lipinski definition) is 4. The van der Waals surface area contributed by atoms with E-state index in [9.17, 15) is 15.3 Å². The Morgan fingerprint density at radius 3 is 1.73 bits per heavy atom. The lowest BCUT2D eigenvalue weighted by Gasteiger charge is -2.27. The Hall–Kier alpha value is 0.540.